The number of aromatic nitrogens is 4. The number of aliphatic hydroxyl groups excluding tert-OH is 1. The van der Waals surface area contributed by atoms with Gasteiger partial charge < -0.3 is 36.2 Å². The zero-order valence-electron chi connectivity index (χ0n) is 34.5. The van der Waals surface area contributed by atoms with Crippen LogP contribution < -0.4 is 21.3 Å². The summed E-state index contributed by atoms with van der Waals surface area (Å²) in [5.41, 5.74) is 10.4. The number of ether oxygens (including phenoxy) is 1. The maximum absolute atomic E-state index is 14.4. The SMILES string of the molecule is CC(=NCC12CC3(C)CC(C)(C1)CC(OCCNCCCCO)(C3)C2)/C(=C\N)c1ccc(N2CCCc3c2nnc(Nc2nc4cccc(F)c4s2)c3C)nc1C(=O)O. The van der Waals surface area contributed by atoms with Crippen molar-refractivity contribution in [2.75, 3.05) is 49.6 Å². The summed E-state index contributed by atoms with van der Waals surface area (Å²) in [7, 11) is 0. The highest BCUT2D eigenvalue weighted by atomic mass is 32.1. The predicted molar refractivity (Wildman–Crippen MR) is 231 cm³/mol. The molecular weight excluding hydrogens is 770 g/mol. The number of benzene rings is 1. The number of anilines is 4. The van der Waals surface area contributed by atoms with E-state index in [-0.39, 0.29) is 40.0 Å². The Bertz CT molecular complexity index is 2290. The summed E-state index contributed by atoms with van der Waals surface area (Å²) in [6.45, 7) is 12.5. The molecule has 0 radical (unpaired) electrons. The van der Waals surface area contributed by atoms with Crippen molar-refractivity contribution < 1.29 is 24.1 Å². The average molecular weight is 826 g/mol. The normalized spacial score (nSPS) is 26.4. The largest absolute Gasteiger partial charge is 0.476 e. The quantitative estimate of drug-likeness (QED) is 0.0549. The van der Waals surface area contributed by atoms with E-state index >= 15 is 0 Å². The molecule has 4 aliphatic carbocycles. The van der Waals surface area contributed by atoms with Gasteiger partial charge in [0.05, 0.1) is 22.4 Å². The molecule has 4 bridgehead atoms. The van der Waals surface area contributed by atoms with Crippen LogP contribution in [0.1, 0.15) is 106 Å². The number of rotatable bonds is 16. The van der Waals surface area contributed by atoms with Gasteiger partial charge in [-0.2, -0.15) is 0 Å². The van der Waals surface area contributed by atoms with E-state index in [0.29, 0.717) is 69.3 Å². The topological polar surface area (TPSA) is 184 Å². The number of carbonyl (C=O) groups is 1. The fourth-order valence-corrected chi connectivity index (χ4v) is 12.6. The van der Waals surface area contributed by atoms with Gasteiger partial charge in [-0.15, -0.1) is 10.2 Å². The maximum Gasteiger partial charge on any atom is 0.355 e. The van der Waals surface area contributed by atoms with Crippen molar-refractivity contribution >= 4 is 61.4 Å². The molecule has 1 aromatic carbocycles. The van der Waals surface area contributed by atoms with Gasteiger partial charge in [0.25, 0.3) is 0 Å². The van der Waals surface area contributed by atoms with Crippen molar-refractivity contribution in [3.8, 4) is 0 Å². The van der Waals surface area contributed by atoms with Crippen molar-refractivity contribution in [2.45, 2.75) is 97.5 Å². The fourth-order valence-electron chi connectivity index (χ4n) is 11.7. The molecule has 13 nitrogen and oxygen atoms in total. The van der Waals surface area contributed by atoms with Gasteiger partial charge in [-0.3, -0.25) is 4.99 Å². The van der Waals surface area contributed by atoms with Crippen LogP contribution in [-0.2, 0) is 11.2 Å². The van der Waals surface area contributed by atoms with Gasteiger partial charge in [-0.05, 0) is 125 Å². The Labute approximate surface area is 348 Å². The minimum Gasteiger partial charge on any atom is -0.476 e. The molecule has 9 rings (SSSR count). The van der Waals surface area contributed by atoms with E-state index < -0.39 is 5.97 Å². The van der Waals surface area contributed by atoms with Crippen LogP contribution in [0.25, 0.3) is 15.8 Å². The molecule has 4 heterocycles. The number of nitrogens with one attached hydrogen (secondary N) is 2. The Morgan fingerprint density at radius 3 is 2.59 bits per heavy atom. The molecule has 0 spiro atoms. The molecule has 0 saturated heterocycles. The Morgan fingerprint density at radius 1 is 1.07 bits per heavy atom. The Balaban J connectivity index is 1.00. The van der Waals surface area contributed by atoms with E-state index in [1.807, 2.05) is 24.8 Å². The number of aromatic carboxylic acids is 1. The Hall–Kier alpha value is -4.57. The van der Waals surface area contributed by atoms with Gasteiger partial charge in [-0.25, -0.2) is 19.2 Å². The molecule has 2 atom stereocenters. The standard InChI is InChI=1S/C44H56FN9O4S/c1-27-29-9-8-16-54(38(29)53-52-37(27)51-40-49-33-11-7-10-32(45)36(33)59-40)34-13-12-30(35(50-34)39(56)57)31(19-46)28(2)48-26-43-21-41(3)20-42(4,22-43)24-44(23-41,25-43)58-18-15-47-14-5-6-17-55/h7,10-13,19,47,55H,5-6,8-9,14-18,20-26,46H2,1-4H3,(H,56,57)(H,49,51,52)/b31-19+,48-28?. The Kier molecular flexibility index (Phi) is 11.3. The number of allylic oxidation sites excluding steroid dienone is 1. The first-order chi connectivity index (χ1) is 28.3. The van der Waals surface area contributed by atoms with Gasteiger partial charge in [0, 0.05) is 60.4 Å². The lowest BCUT2D eigenvalue weighted by atomic mass is 9.39. The lowest BCUT2D eigenvalue weighted by molar-refractivity contribution is -0.241. The Morgan fingerprint density at radius 2 is 1.86 bits per heavy atom. The van der Waals surface area contributed by atoms with Gasteiger partial charge in [-0.1, -0.05) is 31.3 Å². The van der Waals surface area contributed by atoms with Gasteiger partial charge in [0.1, 0.15) is 11.6 Å². The zero-order valence-corrected chi connectivity index (χ0v) is 35.4. The van der Waals surface area contributed by atoms with Crippen LogP contribution in [-0.4, -0.2) is 87.1 Å². The van der Waals surface area contributed by atoms with E-state index in [2.05, 4.69) is 39.7 Å². The third-order valence-corrected chi connectivity index (χ3v) is 13.9. The molecule has 4 saturated carbocycles. The second-order valence-electron chi connectivity index (χ2n) is 18.2. The number of nitrogens with two attached hydrogens (primary N) is 1. The van der Waals surface area contributed by atoms with E-state index in [9.17, 15) is 14.3 Å². The summed E-state index contributed by atoms with van der Waals surface area (Å²) in [5.74, 6) is 0.122. The summed E-state index contributed by atoms with van der Waals surface area (Å²) in [5, 5.41) is 35.9. The number of pyridine rings is 1. The highest BCUT2D eigenvalue weighted by Gasteiger charge is 2.66. The molecule has 2 unspecified atom stereocenters. The average Bonchev–Trinajstić information content (AvgIpc) is 3.60. The molecule has 6 N–H and O–H groups in total. The lowest BCUT2D eigenvalue weighted by Gasteiger charge is -2.69. The summed E-state index contributed by atoms with van der Waals surface area (Å²) < 4.78 is 21.7. The van der Waals surface area contributed by atoms with Crippen LogP contribution in [0.5, 0.6) is 0 Å². The van der Waals surface area contributed by atoms with Crippen LogP contribution in [0.15, 0.2) is 41.5 Å². The molecular formula is C44H56FN9O4S. The van der Waals surface area contributed by atoms with Crippen LogP contribution in [0.2, 0.25) is 0 Å². The number of thiazole rings is 1. The molecule has 314 valence electrons. The van der Waals surface area contributed by atoms with E-state index in [1.54, 1.807) is 18.2 Å². The van der Waals surface area contributed by atoms with Crippen LogP contribution in [0.3, 0.4) is 0 Å². The van der Waals surface area contributed by atoms with E-state index in [4.69, 9.17) is 25.6 Å². The van der Waals surface area contributed by atoms with Crippen molar-refractivity contribution in [3.05, 3.63) is 64.7 Å². The molecule has 59 heavy (non-hydrogen) atoms. The summed E-state index contributed by atoms with van der Waals surface area (Å²) >= 11 is 1.22. The third kappa shape index (κ3) is 8.18. The first kappa shape index (κ1) is 41.2. The van der Waals surface area contributed by atoms with Crippen LogP contribution in [0.4, 0.5) is 27.0 Å². The third-order valence-electron chi connectivity index (χ3n) is 12.9. The summed E-state index contributed by atoms with van der Waals surface area (Å²) in [6.07, 6.45) is 11.2. The molecule has 5 aliphatic rings. The van der Waals surface area contributed by atoms with E-state index in [0.717, 1.165) is 82.0 Å². The molecule has 0 amide bonds. The minimum atomic E-state index is -1.16. The van der Waals surface area contributed by atoms with Crippen LogP contribution in [0, 0.1) is 29.0 Å². The minimum absolute atomic E-state index is 0.0198. The van der Waals surface area contributed by atoms with Gasteiger partial charge in [0.15, 0.2) is 22.5 Å². The van der Waals surface area contributed by atoms with Crippen molar-refractivity contribution in [2.24, 2.45) is 27.0 Å². The number of carboxylic acids is 1. The van der Waals surface area contributed by atoms with Crippen molar-refractivity contribution in [1.29, 1.82) is 0 Å². The first-order valence-electron chi connectivity index (χ1n) is 20.9. The number of fused-ring (bicyclic) bond motifs is 2. The smallest absolute Gasteiger partial charge is 0.355 e. The molecule has 4 aromatic rings. The second-order valence-corrected chi connectivity index (χ2v) is 19.2. The predicted octanol–water partition coefficient (Wildman–Crippen LogP) is 7.71. The molecule has 4 fully saturated rings. The number of nitrogens with zero attached hydrogens (tertiary/aromatic N) is 6. The number of aliphatic imine (C=N–C) groups is 1. The van der Waals surface area contributed by atoms with Crippen LogP contribution >= 0.6 is 11.3 Å². The fraction of sp³-hybridized carbons (Fsp3) is 0.545. The number of hydrogen-bond donors (Lipinski definition) is 5. The highest BCUT2D eigenvalue weighted by molar-refractivity contribution is 7.22. The lowest BCUT2D eigenvalue weighted by Crippen LogP contribution is -2.64. The highest BCUT2D eigenvalue weighted by Crippen LogP contribution is 2.71. The number of unbranched alkanes of at least 4 members (excludes halogenated alkanes) is 1. The molecule has 15 heteroatoms. The van der Waals surface area contributed by atoms with E-state index in [1.165, 1.54) is 30.0 Å². The van der Waals surface area contributed by atoms with Crippen molar-refractivity contribution in [3.63, 3.8) is 0 Å². The molecule has 1 aliphatic heterocycles. The van der Waals surface area contributed by atoms with Crippen molar-refractivity contribution in [1.82, 2.24) is 25.5 Å². The van der Waals surface area contributed by atoms with Gasteiger partial charge >= 0.3 is 5.97 Å². The zero-order chi connectivity index (χ0) is 41.6. The van der Waals surface area contributed by atoms with Gasteiger partial charge in [0.2, 0.25) is 0 Å². The first-order valence-corrected chi connectivity index (χ1v) is 21.7. The second kappa shape index (κ2) is 16.1. The summed E-state index contributed by atoms with van der Waals surface area (Å²) in [6, 6.07) is 8.41. The monoisotopic (exact) mass is 825 g/mol. The summed E-state index contributed by atoms with van der Waals surface area (Å²) in [4.78, 5) is 29.2. The maximum atomic E-state index is 14.4. The number of carboxylic acid groups (broad SMARTS) is 1. The number of aliphatic hydroxyl groups is 1. The number of halogens is 1. The number of hydrogen-bond acceptors (Lipinski definition) is 13. The molecule has 3 aromatic heterocycles.